The summed E-state index contributed by atoms with van der Waals surface area (Å²) in [7, 11) is 0. The fourth-order valence-electron chi connectivity index (χ4n) is 1.91. The minimum absolute atomic E-state index is 0.0433. The Morgan fingerprint density at radius 2 is 2.25 bits per heavy atom. The molecular weight excluding hydrogens is 206 g/mol. The molecule has 0 amide bonds. The molecule has 1 heterocycles. The number of anilines is 1. The van der Waals surface area contributed by atoms with Crippen LogP contribution in [-0.4, -0.2) is 15.4 Å². The third-order valence-corrected chi connectivity index (χ3v) is 3.15. The van der Waals surface area contributed by atoms with Crippen LogP contribution in [-0.2, 0) is 0 Å². The van der Waals surface area contributed by atoms with Gasteiger partial charge in [0.2, 0.25) is 0 Å². The molecule has 5 nitrogen and oxygen atoms in total. The molecule has 0 unspecified atom stereocenters. The summed E-state index contributed by atoms with van der Waals surface area (Å²) in [5.41, 5.74) is 0.984. The lowest BCUT2D eigenvalue weighted by molar-refractivity contribution is -0.385. The number of aryl methyl sites for hydroxylation is 1. The van der Waals surface area contributed by atoms with E-state index in [9.17, 15) is 10.1 Å². The number of aromatic nitrogens is 1. The summed E-state index contributed by atoms with van der Waals surface area (Å²) in [5.74, 6) is 0.757. The Morgan fingerprint density at radius 1 is 1.56 bits per heavy atom. The molecular formula is C11H15N3O2. The van der Waals surface area contributed by atoms with E-state index < -0.39 is 4.92 Å². The van der Waals surface area contributed by atoms with E-state index in [0.717, 1.165) is 24.2 Å². The zero-order valence-corrected chi connectivity index (χ0v) is 9.49. The summed E-state index contributed by atoms with van der Waals surface area (Å²) in [4.78, 5) is 14.3. The molecule has 0 atom stereocenters. The molecule has 0 aliphatic heterocycles. The van der Waals surface area contributed by atoms with Gasteiger partial charge in [0.1, 0.15) is 12.0 Å². The van der Waals surface area contributed by atoms with Crippen molar-refractivity contribution in [2.75, 3.05) is 5.32 Å². The smallest absolute Gasteiger partial charge is 0.287 e. The Kier molecular flexibility index (Phi) is 2.53. The van der Waals surface area contributed by atoms with Crippen LogP contribution in [0.15, 0.2) is 12.3 Å². The van der Waals surface area contributed by atoms with Gasteiger partial charge >= 0.3 is 0 Å². The average Bonchev–Trinajstić information content (AvgIpc) is 2.18. The van der Waals surface area contributed by atoms with E-state index in [1.165, 1.54) is 12.6 Å². The number of hydrogen-bond donors (Lipinski definition) is 1. The first-order valence-corrected chi connectivity index (χ1v) is 5.39. The van der Waals surface area contributed by atoms with Crippen molar-refractivity contribution in [1.82, 2.24) is 4.98 Å². The summed E-state index contributed by atoms with van der Waals surface area (Å²) >= 11 is 0. The highest BCUT2D eigenvalue weighted by molar-refractivity contribution is 5.50. The highest BCUT2D eigenvalue weighted by Gasteiger charge is 2.32. The lowest BCUT2D eigenvalue weighted by Gasteiger charge is -2.39. The van der Waals surface area contributed by atoms with Crippen molar-refractivity contribution in [3.63, 3.8) is 0 Å². The Balaban J connectivity index is 2.19. The molecule has 1 aromatic rings. The maximum absolute atomic E-state index is 10.6. The standard InChI is InChI=1S/C11H15N3O2/c1-8-6-9(14(15)16)7-12-10(8)13-11(2)4-3-5-11/h6-7H,3-5H2,1-2H3,(H,12,13). The SMILES string of the molecule is Cc1cc([N+](=O)[O-])cnc1NC1(C)CCC1. The zero-order chi connectivity index (χ0) is 11.8. The minimum Gasteiger partial charge on any atom is -0.365 e. The maximum Gasteiger partial charge on any atom is 0.287 e. The number of pyridine rings is 1. The fraction of sp³-hybridized carbons (Fsp3) is 0.545. The summed E-state index contributed by atoms with van der Waals surface area (Å²) in [6.07, 6.45) is 4.79. The molecule has 2 rings (SSSR count). The Morgan fingerprint density at radius 3 is 2.69 bits per heavy atom. The van der Waals surface area contributed by atoms with Crippen LogP contribution in [0, 0.1) is 17.0 Å². The Labute approximate surface area is 94.0 Å². The molecule has 0 bridgehead atoms. The van der Waals surface area contributed by atoms with Crippen LogP contribution < -0.4 is 5.32 Å². The molecule has 0 saturated heterocycles. The molecule has 0 spiro atoms. The van der Waals surface area contributed by atoms with Crippen molar-refractivity contribution in [3.8, 4) is 0 Å². The third kappa shape index (κ3) is 1.98. The van der Waals surface area contributed by atoms with E-state index in [1.807, 2.05) is 6.92 Å². The highest BCUT2D eigenvalue weighted by atomic mass is 16.6. The van der Waals surface area contributed by atoms with Crippen LogP contribution in [0.1, 0.15) is 31.7 Å². The average molecular weight is 221 g/mol. The summed E-state index contributed by atoms with van der Waals surface area (Å²) in [5, 5.41) is 13.9. The van der Waals surface area contributed by atoms with Gasteiger partial charge in [-0.2, -0.15) is 0 Å². The van der Waals surface area contributed by atoms with Gasteiger partial charge < -0.3 is 5.32 Å². The second-order valence-corrected chi connectivity index (χ2v) is 4.66. The summed E-state index contributed by atoms with van der Waals surface area (Å²) in [6, 6.07) is 1.55. The fourth-order valence-corrected chi connectivity index (χ4v) is 1.91. The van der Waals surface area contributed by atoms with Crippen LogP contribution in [0.3, 0.4) is 0 Å². The molecule has 0 aromatic carbocycles. The van der Waals surface area contributed by atoms with Crippen LogP contribution in [0.25, 0.3) is 0 Å². The third-order valence-electron chi connectivity index (χ3n) is 3.15. The Bertz CT molecular complexity index is 427. The van der Waals surface area contributed by atoms with E-state index in [4.69, 9.17) is 0 Å². The molecule has 1 aliphatic carbocycles. The second-order valence-electron chi connectivity index (χ2n) is 4.66. The molecule has 16 heavy (non-hydrogen) atoms. The zero-order valence-electron chi connectivity index (χ0n) is 9.49. The molecule has 0 radical (unpaired) electrons. The van der Waals surface area contributed by atoms with E-state index in [-0.39, 0.29) is 11.2 Å². The van der Waals surface area contributed by atoms with Crippen LogP contribution in [0.4, 0.5) is 11.5 Å². The van der Waals surface area contributed by atoms with E-state index in [1.54, 1.807) is 6.07 Å². The lowest BCUT2D eigenvalue weighted by Crippen LogP contribution is -2.42. The maximum atomic E-state index is 10.6. The minimum atomic E-state index is -0.422. The van der Waals surface area contributed by atoms with Gasteiger partial charge in [0, 0.05) is 11.6 Å². The molecule has 1 aromatic heterocycles. The molecule has 1 saturated carbocycles. The summed E-state index contributed by atoms with van der Waals surface area (Å²) in [6.45, 7) is 3.99. The normalized spacial score (nSPS) is 17.6. The van der Waals surface area contributed by atoms with Gasteiger partial charge in [-0.1, -0.05) is 0 Å². The predicted octanol–water partition coefficient (Wildman–Crippen LogP) is 2.65. The van der Waals surface area contributed by atoms with E-state index in [0.29, 0.717) is 0 Å². The molecule has 86 valence electrons. The van der Waals surface area contributed by atoms with Crippen molar-refractivity contribution in [3.05, 3.63) is 27.9 Å². The van der Waals surface area contributed by atoms with E-state index >= 15 is 0 Å². The molecule has 1 fully saturated rings. The topological polar surface area (TPSA) is 68.1 Å². The molecule has 1 aliphatic rings. The van der Waals surface area contributed by atoms with Crippen molar-refractivity contribution in [2.45, 2.75) is 38.6 Å². The monoisotopic (exact) mass is 221 g/mol. The van der Waals surface area contributed by atoms with Crippen molar-refractivity contribution >= 4 is 11.5 Å². The van der Waals surface area contributed by atoms with Gasteiger partial charge in [-0.05, 0) is 38.7 Å². The molecule has 1 N–H and O–H groups in total. The first-order chi connectivity index (χ1) is 7.50. The van der Waals surface area contributed by atoms with Crippen LogP contribution >= 0.6 is 0 Å². The van der Waals surface area contributed by atoms with Gasteiger partial charge in [-0.25, -0.2) is 4.98 Å². The van der Waals surface area contributed by atoms with E-state index in [2.05, 4.69) is 17.2 Å². The van der Waals surface area contributed by atoms with Crippen molar-refractivity contribution < 1.29 is 4.92 Å². The quantitative estimate of drug-likeness (QED) is 0.629. The van der Waals surface area contributed by atoms with Crippen LogP contribution in [0.2, 0.25) is 0 Å². The van der Waals surface area contributed by atoms with Gasteiger partial charge in [0.15, 0.2) is 0 Å². The highest BCUT2D eigenvalue weighted by Crippen LogP contribution is 2.35. The van der Waals surface area contributed by atoms with Crippen LogP contribution in [0.5, 0.6) is 0 Å². The lowest BCUT2D eigenvalue weighted by atomic mass is 9.78. The number of rotatable bonds is 3. The first-order valence-electron chi connectivity index (χ1n) is 5.39. The number of nitrogens with zero attached hydrogens (tertiary/aromatic N) is 2. The first kappa shape index (κ1) is 10.9. The van der Waals surface area contributed by atoms with Gasteiger partial charge in [-0.3, -0.25) is 10.1 Å². The Hall–Kier alpha value is -1.65. The van der Waals surface area contributed by atoms with Gasteiger partial charge in [0.25, 0.3) is 5.69 Å². The number of nitro groups is 1. The second kappa shape index (κ2) is 3.73. The van der Waals surface area contributed by atoms with Crippen molar-refractivity contribution in [2.24, 2.45) is 0 Å². The number of hydrogen-bond acceptors (Lipinski definition) is 4. The largest absolute Gasteiger partial charge is 0.365 e. The van der Waals surface area contributed by atoms with Gasteiger partial charge in [0.05, 0.1) is 4.92 Å². The summed E-state index contributed by atoms with van der Waals surface area (Å²) < 4.78 is 0. The van der Waals surface area contributed by atoms with Crippen molar-refractivity contribution in [1.29, 1.82) is 0 Å². The predicted molar refractivity (Wildman–Crippen MR) is 61.5 cm³/mol. The molecule has 5 heteroatoms. The number of nitrogens with one attached hydrogen (secondary N) is 1. The van der Waals surface area contributed by atoms with Gasteiger partial charge in [-0.15, -0.1) is 0 Å².